The minimum absolute atomic E-state index is 0.0354. The molecule has 3 aromatic rings. The van der Waals surface area contributed by atoms with Gasteiger partial charge in [0.05, 0.1) is 10.5 Å². The first-order chi connectivity index (χ1) is 10.1. The summed E-state index contributed by atoms with van der Waals surface area (Å²) < 4.78 is 27.3. The average molecular weight is 319 g/mol. The number of hydrogen-bond acceptors (Lipinski definition) is 3. The van der Waals surface area contributed by atoms with Gasteiger partial charge >= 0.3 is 0 Å². The number of halogens is 1. The van der Waals surface area contributed by atoms with E-state index in [1.165, 1.54) is 6.20 Å². The Bertz CT molecular complexity index is 896. The first kappa shape index (κ1) is 13.9. The Morgan fingerprint density at radius 1 is 0.952 bits per heavy atom. The number of para-hydroxylation sites is 2. The van der Waals surface area contributed by atoms with Gasteiger partial charge in [0.25, 0.3) is 10.0 Å². The number of anilines is 1. The highest BCUT2D eigenvalue weighted by Gasteiger charge is 2.20. The summed E-state index contributed by atoms with van der Waals surface area (Å²) in [5.41, 5.74) is 1.13. The standard InChI is InChI=1S/C15H11ClN2O2S/c16-15-12-8-4-5-9-13(12)17-10-14(15)21(19,20)18-11-6-2-1-3-7-11/h1-10,18H. The summed E-state index contributed by atoms with van der Waals surface area (Å²) in [5.74, 6) is 0. The van der Waals surface area contributed by atoms with Crippen molar-refractivity contribution >= 4 is 38.2 Å². The SMILES string of the molecule is O=S(=O)(Nc1ccccc1)c1cnc2ccccc2c1Cl. The van der Waals surface area contributed by atoms with Crippen molar-refractivity contribution in [1.82, 2.24) is 4.98 Å². The fraction of sp³-hybridized carbons (Fsp3) is 0. The predicted molar refractivity (Wildman–Crippen MR) is 84.0 cm³/mol. The quantitative estimate of drug-likeness (QED) is 0.801. The highest BCUT2D eigenvalue weighted by atomic mass is 35.5. The number of hydrogen-bond donors (Lipinski definition) is 1. The summed E-state index contributed by atoms with van der Waals surface area (Å²) in [4.78, 5) is 4.11. The third kappa shape index (κ3) is 2.70. The summed E-state index contributed by atoms with van der Waals surface area (Å²) in [6, 6.07) is 15.8. The number of sulfonamides is 1. The molecule has 1 N–H and O–H groups in total. The fourth-order valence-corrected chi connectivity index (χ4v) is 3.60. The molecule has 0 radical (unpaired) electrons. The second kappa shape index (κ2) is 5.35. The molecule has 3 rings (SSSR count). The Morgan fingerprint density at radius 2 is 1.62 bits per heavy atom. The molecule has 0 spiro atoms. The highest BCUT2D eigenvalue weighted by Crippen LogP contribution is 2.29. The minimum atomic E-state index is -3.78. The zero-order valence-electron chi connectivity index (χ0n) is 10.8. The maximum absolute atomic E-state index is 12.4. The van der Waals surface area contributed by atoms with E-state index in [9.17, 15) is 8.42 Å². The average Bonchev–Trinajstić information content (AvgIpc) is 2.48. The van der Waals surface area contributed by atoms with Crippen LogP contribution in [-0.2, 0) is 10.0 Å². The maximum atomic E-state index is 12.4. The maximum Gasteiger partial charge on any atom is 0.264 e. The van der Waals surface area contributed by atoms with Crippen molar-refractivity contribution in [3.05, 3.63) is 65.8 Å². The van der Waals surface area contributed by atoms with Crippen molar-refractivity contribution in [3.63, 3.8) is 0 Å². The summed E-state index contributed by atoms with van der Waals surface area (Å²) in [6.45, 7) is 0. The number of nitrogens with zero attached hydrogens (tertiary/aromatic N) is 1. The van der Waals surface area contributed by atoms with Gasteiger partial charge in [-0.1, -0.05) is 48.0 Å². The monoisotopic (exact) mass is 318 g/mol. The lowest BCUT2D eigenvalue weighted by Gasteiger charge is -2.10. The molecule has 1 aromatic heterocycles. The Labute approximate surface area is 127 Å². The van der Waals surface area contributed by atoms with Gasteiger partial charge in [-0.05, 0) is 18.2 Å². The molecule has 0 unspecified atom stereocenters. The predicted octanol–water partition coefficient (Wildman–Crippen LogP) is 3.69. The van der Waals surface area contributed by atoms with Crippen LogP contribution in [-0.4, -0.2) is 13.4 Å². The van der Waals surface area contributed by atoms with Gasteiger partial charge in [-0.2, -0.15) is 0 Å². The summed E-state index contributed by atoms with van der Waals surface area (Å²) in [6.07, 6.45) is 1.27. The van der Waals surface area contributed by atoms with Crippen LogP contribution in [0.3, 0.4) is 0 Å². The van der Waals surface area contributed by atoms with Gasteiger partial charge in [0.2, 0.25) is 0 Å². The smallest absolute Gasteiger partial charge is 0.264 e. The zero-order valence-corrected chi connectivity index (χ0v) is 12.4. The summed E-state index contributed by atoms with van der Waals surface area (Å²) >= 11 is 6.23. The number of fused-ring (bicyclic) bond motifs is 1. The van der Waals surface area contributed by atoms with Crippen LogP contribution in [0.25, 0.3) is 10.9 Å². The van der Waals surface area contributed by atoms with Crippen molar-refractivity contribution in [3.8, 4) is 0 Å². The number of benzene rings is 2. The molecule has 1 heterocycles. The van der Waals surface area contributed by atoms with Crippen LogP contribution in [0.4, 0.5) is 5.69 Å². The molecule has 0 aliphatic rings. The molecule has 0 amide bonds. The van der Waals surface area contributed by atoms with E-state index in [1.807, 2.05) is 12.1 Å². The molecular formula is C15H11ClN2O2S. The molecule has 0 saturated carbocycles. The Balaban J connectivity index is 2.09. The third-order valence-electron chi connectivity index (χ3n) is 2.99. The van der Waals surface area contributed by atoms with Gasteiger partial charge in [0, 0.05) is 17.3 Å². The molecule has 2 aromatic carbocycles. The van der Waals surface area contributed by atoms with E-state index in [2.05, 4.69) is 9.71 Å². The lowest BCUT2D eigenvalue weighted by molar-refractivity contribution is 0.601. The van der Waals surface area contributed by atoms with E-state index in [1.54, 1.807) is 42.5 Å². The topological polar surface area (TPSA) is 59.1 Å². The normalized spacial score (nSPS) is 11.5. The Kier molecular flexibility index (Phi) is 3.53. The molecule has 0 atom stereocenters. The molecule has 0 bridgehead atoms. The summed E-state index contributed by atoms with van der Waals surface area (Å²) in [7, 11) is -3.78. The molecule has 21 heavy (non-hydrogen) atoms. The van der Waals surface area contributed by atoms with E-state index in [0.717, 1.165) is 0 Å². The lowest BCUT2D eigenvalue weighted by Crippen LogP contribution is -2.13. The Hall–Kier alpha value is -2.11. The molecule has 0 aliphatic heterocycles. The van der Waals surface area contributed by atoms with Gasteiger partial charge in [-0.15, -0.1) is 0 Å². The number of pyridine rings is 1. The van der Waals surface area contributed by atoms with Gasteiger partial charge in [-0.3, -0.25) is 9.71 Å². The third-order valence-corrected chi connectivity index (χ3v) is 4.91. The van der Waals surface area contributed by atoms with Crippen LogP contribution in [0.2, 0.25) is 5.02 Å². The first-order valence-corrected chi connectivity index (χ1v) is 8.05. The van der Waals surface area contributed by atoms with Gasteiger partial charge < -0.3 is 0 Å². The largest absolute Gasteiger partial charge is 0.280 e. The second-order valence-corrected chi connectivity index (χ2v) is 6.45. The molecule has 106 valence electrons. The lowest BCUT2D eigenvalue weighted by atomic mass is 10.2. The zero-order chi connectivity index (χ0) is 14.9. The van der Waals surface area contributed by atoms with E-state index >= 15 is 0 Å². The minimum Gasteiger partial charge on any atom is -0.280 e. The second-order valence-electron chi connectivity index (χ2n) is 4.43. The molecule has 4 nitrogen and oxygen atoms in total. The molecule has 6 heteroatoms. The Morgan fingerprint density at radius 3 is 2.38 bits per heavy atom. The molecule has 0 aliphatic carbocycles. The fourth-order valence-electron chi connectivity index (χ4n) is 1.99. The van der Waals surface area contributed by atoms with E-state index < -0.39 is 10.0 Å². The number of rotatable bonds is 3. The van der Waals surface area contributed by atoms with Crippen molar-refractivity contribution in [2.75, 3.05) is 4.72 Å². The van der Waals surface area contributed by atoms with Crippen molar-refractivity contribution in [2.45, 2.75) is 4.90 Å². The van der Waals surface area contributed by atoms with Crippen LogP contribution in [0.15, 0.2) is 65.7 Å². The van der Waals surface area contributed by atoms with Crippen molar-refractivity contribution in [1.29, 1.82) is 0 Å². The van der Waals surface area contributed by atoms with Gasteiger partial charge in [0.15, 0.2) is 0 Å². The van der Waals surface area contributed by atoms with Crippen molar-refractivity contribution in [2.24, 2.45) is 0 Å². The van der Waals surface area contributed by atoms with Crippen LogP contribution in [0, 0.1) is 0 Å². The van der Waals surface area contributed by atoms with Crippen LogP contribution >= 0.6 is 11.6 Å². The van der Waals surface area contributed by atoms with E-state index in [4.69, 9.17) is 11.6 Å². The van der Waals surface area contributed by atoms with Crippen LogP contribution in [0.5, 0.6) is 0 Å². The van der Waals surface area contributed by atoms with Gasteiger partial charge in [0.1, 0.15) is 4.90 Å². The van der Waals surface area contributed by atoms with E-state index in [0.29, 0.717) is 16.6 Å². The highest BCUT2D eigenvalue weighted by molar-refractivity contribution is 7.92. The summed E-state index contributed by atoms with van der Waals surface area (Å²) in [5, 5.41) is 0.777. The number of aromatic nitrogens is 1. The number of nitrogens with one attached hydrogen (secondary N) is 1. The molecule has 0 fully saturated rings. The first-order valence-electron chi connectivity index (χ1n) is 6.19. The molecule has 0 saturated heterocycles. The van der Waals surface area contributed by atoms with Crippen LogP contribution < -0.4 is 4.72 Å². The van der Waals surface area contributed by atoms with E-state index in [-0.39, 0.29) is 9.92 Å². The van der Waals surface area contributed by atoms with Gasteiger partial charge in [-0.25, -0.2) is 8.42 Å². The molecular weight excluding hydrogens is 308 g/mol. The van der Waals surface area contributed by atoms with Crippen LogP contribution in [0.1, 0.15) is 0 Å². The van der Waals surface area contributed by atoms with Crippen molar-refractivity contribution < 1.29 is 8.42 Å².